The van der Waals surface area contributed by atoms with Crippen molar-refractivity contribution in [1.29, 1.82) is 0 Å². The molecular weight excluding hydrogens is 464 g/mol. The molecule has 0 bridgehead atoms. The first-order chi connectivity index (χ1) is 15.4. The van der Waals surface area contributed by atoms with E-state index in [1.54, 1.807) is 0 Å². The predicted octanol–water partition coefficient (Wildman–Crippen LogP) is 4.82. The molecule has 0 unspecified atom stereocenters. The number of hydrogen-bond donors (Lipinski definition) is 1. The summed E-state index contributed by atoms with van der Waals surface area (Å²) in [4.78, 5) is 12.3. The highest BCUT2D eigenvalue weighted by Gasteiger charge is 2.19. The van der Waals surface area contributed by atoms with Crippen LogP contribution in [0.4, 0.5) is 8.78 Å². The summed E-state index contributed by atoms with van der Waals surface area (Å²) in [5.74, 6) is -0.525. The van der Waals surface area contributed by atoms with Crippen molar-refractivity contribution in [2.45, 2.75) is 13.2 Å². The number of aromatic nitrogens is 2. The number of carbonyl (C=O) groups excluding carboxylic acids is 1. The number of carbonyl (C=O) groups is 1. The number of alkyl halides is 2. The zero-order chi connectivity index (χ0) is 23.1. The third kappa shape index (κ3) is 5.92. The third-order valence-electron chi connectivity index (χ3n) is 4.10. The number of methoxy groups -OCH3 is 2. The Morgan fingerprint density at radius 3 is 2.34 bits per heavy atom. The molecule has 0 saturated carbocycles. The van der Waals surface area contributed by atoms with Crippen molar-refractivity contribution in [2.24, 2.45) is 0 Å². The molecule has 0 saturated heterocycles. The summed E-state index contributed by atoms with van der Waals surface area (Å²) in [6.45, 7) is -2.69. The van der Waals surface area contributed by atoms with Crippen molar-refractivity contribution < 1.29 is 27.8 Å². The van der Waals surface area contributed by atoms with Crippen molar-refractivity contribution >= 4 is 40.0 Å². The Balaban J connectivity index is 1.77. The summed E-state index contributed by atoms with van der Waals surface area (Å²) < 4.78 is 40.1. The maximum absolute atomic E-state index is 12.7. The Morgan fingerprint density at radius 1 is 1.12 bits per heavy atom. The maximum atomic E-state index is 12.7. The number of hydrogen-bond acceptors (Lipinski definition) is 7. The van der Waals surface area contributed by atoms with Crippen molar-refractivity contribution in [3.05, 3.63) is 63.6 Å². The van der Waals surface area contributed by atoms with Gasteiger partial charge in [-0.05, 0) is 29.3 Å². The fourth-order valence-corrected chi connectivity index (χ4v) is 3.61. The second-order valence-corrected chi connectivity index (χ2v) is 7.59. The first kappa shape index (κ1) is 23.4. The van der Waals surface area contributed by atoms with E-state index in [1.807, 2.05) is 30.3 Å². The van der Waals surface area contributed by atoms with Crippen LogP contribution in [0.15, 0.2) is 42.5 Å². The number of amides is 1. The van der Waals surface area contributed by atoms with E-state index in [0.717, 1.165) is 16.9 Å². The quantitative estimate of drug-likeness (QED) is 0.471. The van der Waals surface area contributed by atoms with E-state index in [9.17, 15) is 13.6 Å². The molecule has 2 aromatic carbocycles. The van der Waals surface area contributed by atoms with Crippen LogP contribution in [0, 0.1) is 0 Å². The van der Waals surface area contributed by atoms with Crippen LogP contribution in [-0.2, 0) is 6.54 Å². The molecule has 0 spiro atoms. The molecule has 0 aliphatic heterocycles. The van der Waals surface area contributed by atoms with Gasteiger partial charge >= 0.3 is 6.61 Å². The molecule has 3 rings (SSSR count). The molecular formula is C21H18ClF2N3O4S. The lowest BCUT2D eigenvalue weighted by Gasteiger charge is -2.14. The van der Waals surface area contributed by atoms with Gasteiger partial charge in [0, 0.05) is 6.54 Å². The predicted molar refractivity (Wildman–Crippen MR) is 117 cm³/mol. The van der Waals surface area contributed by atoms with Crippen LogP contribution in [0.3, 0.4) is 0 Å². The molecule has 1 aromatic heterocycles. The summed E-state index contributed by atoms with van der Waals surface area (Å²) in [6.07, 6.45) is 1.52. The number of nitrogens with one attached hydrogen (secondary N) is 1. The number of halogens is 3. The van der Waals surface area contributed by atoms with Gasteiger partial charge in [-0.1, -0.05) is 53.3 Å². The van der Waals surface area contributed by atoms with E-state index >= 15 is 0 Å². The van der Waals surface area contributed by atoms with Gasteiger partial charge in [0.1, 0.15) is 0 Å². The molecule has 7 nitrogen and oxygen atoms in total. The minimum Gasteiger partial charge on any atom is -0.493 e. The van der Waals surface area contributed by atoms with Gasteiger partial charge in [0.05, 0.1) is 19.3 Å². The van der Waals surface area contributed by atoms with E-state index in [2.05, 4.69) is 20.3 Å². The summed E-state index contributed by atoms with van der Waals surface area (Å²) >= 11 is 7.37. The third-order valence-corrected chi connectivity index (χ3v) is 5.46. The van der Waals surface area contributed by atoms with E-state index in [1.165, 1.54) is 32.4 Å². The molecule has 1 amide bonds. The Morgan fingerprint density at radius 2 is 1.75 bits per heavy atom. The van der Waals surface area contributed by atoms with Gasteiger partial charge in [-0.2, -0.15) is 8.78 Å². The average Bonchev–Trinajstić information content (AvgIpc) is 3.29. The summed E-state index contributed by atoms with van der Waals surface area (Å²) in [7, 11) is 2.63. The lowest BCUT2D eigenvalue weighted by atomic mass is 10.1. The van der Waals surface area contributed by atoms with Crippen molar-refractivity contribution in [2.75, 3.05) is 14.2 Å². The van der Waals surface area contributed by atoms with E-state index in [-0.39, 0.29) is 33.2 Å². The summed E-state index contributed by atoms with van der Waals surface area (Å²) in [5.41, 5.74) is 1.43. The minimum atomic E-state index is -3.05. The average molecular weight is 482 g/mol. The van der Waals surface area contributed by atoms with Crippen LogP contribution in [0.5, 0.6) is 17.2 Å². The van der Waals surface area contributed by atoms with Gasteiger partial charge in [-0.25, -0.2) is 0 Å². The highest BCUT2D eigenvalue weighted by molar-refractivity contribution is 7.15. The van der Waals surface area contributed by atoms with Gasteiger partial charge in [0.15, 0.2) is 16.5 Å². The van der Waals surface area contributed by atoms with Crippen LogP contribution < -0.4 is 19.5 Å². The van der Waals surface area contributed by atoms with E-state index in [0.29, 0.717) is 17.1 Å². The molecule has 168 valence electrons. The number of ether oxygens (including phenoxy) is 3. The van der Waals surface area contributed by atoms with E-state index < -0.39 is 6.61 Å². The topological polar surface area (TPSA) is 82.6 Å². The van der Waals surface area contributed by atoms with Crippen molar-refractivity contribution in [3.63, 3.8) is 0 Å². The zero-order valence-corrected chi connectivity index (χ0v) is 18.5. The largest absolute Gasteiger partial charge is 0.493 e. The number of rotatable bonds is 9. The van der Waals surface area contributed by atoms with Gasteiger partial charge < -0.3 is 19.5 Å². The first-order valence-corrected chi connectivity index (χ1v) is 10.3. The molecule has 3 aromatic rings. The molecule has 32 heavy (non-hydrogen) atoms. The van der Waals surface area contributed by atoms with Gasteiger partial charge in [-0.15, -0.1) is 10.2 Å². The summed E-state index contributed by atoms with van der Waals surface area (Å²) in [5, 5.41) is 11.3. The Kier molecular flexibility index (Phi) is 7.96. The van der Waals surface area contributed by atoms with Gasteiger partial charge in [0.2, 0.25) is 10.8 Å². The first-order valence-electron chi connectivity index (χ1n) is 9.15. The molecule has 11 heteroatoms. The zero-order valence-electron chi connectivity index (χ0n) is 17.0. The van der Waals surface area contributed by atoms with Gasteiger partial charge in [-0.3, -0.25) is 4.79 Å². The molecule has 1 N–H and O–H groups in total. The lowest BCUT2D eigenvalue weighted by Crippen LogP contribution is -2.22. The van der Waals surface area contributed by atoms with Crippen molar-refractivity contribution in [3.8, 4) is 17.2 Å². The Labute approximate surface area is 191 Å². The van der Waals surface area contributed by atoms with Crippen LogP contribution in [0.25, 0.3) is 11.1 Å². The number of benzene rings is 2. The lowest BCUT2D eigenvalue weighted by molar-refractivity contribution is -0.0526. The molecule has 0 aliphatic carbocycles. The molecule has 0 radical (unpaired) electrons. The molecule has 1 heterocycles. The number of nitrogens with zero attached hydrogens (tertiary/aromatic N) is 2. The second kappa shape index (κ2) is 10.9. The summed E-state index contributed by atoms with van der Waals surface area (Å²) in [6, 6.07) is 12.4. The normalized spacial score (nSPS) is 11.4. The fourth-order valence-electron chi connectivity index (χ4n) is 2.66. The smallest absolute Gasteiger partial charge is 0.387 e. The monoisotopic (exact) mass is 481 g/mol. The fraction of sp³-hybridized carbons (Fsp3) is 0.190. The highest BCUT2D eigenvalue weighted by atomic mass is 35.5. The standard InChI is InChI=1S/C21H18ClF2N3O4S/c1-29-15-9-13(10-16(30-2)17(15)31-21(23)24)8-14(22)19-26-27-20(32-19)18(28)25-11-12-6-4-3-5-7-12/h3-10,21H,11H2,1-2H3,(H,25,28)/b14-8-. The molecule has 0 aliphatic rings. The second-order valence-electron chi connectivity index (χ2n) is 6.21. The van der Waals surface area contributed by atoms with Crippen LogP contribution in [0.2, 0.25) is 0 Å². The Hall–Kier alpha value is -3.24. The van der Waals surface area contributed by atoms with Gasteiger partial charge in [0.25, 0.3) is 5.91 Å². The Bertz CT molecular complexity index is 1080. The molecule has 0 atom stereocenters. The highest BCUT2D eigenvalue weighted by Crippen LogP contribution is 2.40. The molecule has 0 fully saturated rings. The van der Waals surface area contributed by atoms with Crippen LogP contribution >= 0.6 is 22.9 Å². The van der Waals surface area contributed by atoms with Crippen LogP contribution in [0.1, 0.15) is 25.9 Å². The minimum absolute atomic E-state index is 0.0404. The van der Waals surface area contributed by atoms with Crippen LogP contribution in [-0.4, -0.2) is 36.9 Å². The SMILES string of the molecule is COc1cc(/C=C(\Cl)c2nnc(C(=O)NCc3ccccc3)s2)cc(OC)c1OC(F)F. The maximum Gasteiger partial charge on any atom is 0.387 e. The van der Waals surface area contributed by atoms with Crippen molar-refractivity contribution in [1.82, 2.24) is 15.5 Å². The van der Waals surface area contributed by atoms with E-state index in [4.69, 9.17) is 21.1 Å².